The standard InChI is InChI=1S/C19H22BrNO5/c1-12(19(21)22)16-17(13-7-5-4-6-8-13)14(25-10-23-2)9-15(18(16)20)26-11-24-3/h4-9,12H,10-11H2,1-3H3,(H2,21,22). The number of carbonyl (C=O) groups excluding carboxylic acids is 1. The number of nitrogens with two attached hydrogens (primary N) is 1. The van der Waals surface area contributed by atoms with Gasteiger partial charge in [0, 0.05) is 25.8 Å². The summed E-state index contributed by atoms with van der Waals surface area (Å²) in [4.78, 5) is 12.0. The molecule has 140 valence electrons. The average molecular weight is 424 g/mol. The Labute approximate surface area is 161 Å². The number of hydrogen-bond donors (Lipinski definition) is 1. The third kappa shape index (κ3) is 4.55. The van der Waals surface area contributed by atoms with E-state index in [2.05, 4.69) is 15.9 Å². The van der Waals surface area contributed by atoms with Crippen molar-refractivity contribution in [1.82, 2.24) is 0 Å². The van der Waals surface area contributed by atoms with Gasteiger partial charge in [0.15, 0.2) is 13.6 Å². The minimum atomic E-state index is -0.574. The average Bonchev–Trinajstić information content (AvgIpc) is 2.65. The van der Waals surface area contributed by atoms with Crippen molar-refractivity contribution in [3.05, 3.63) is 46.4 Å². The first-order valence-electron chi connectivity index (χ1n) is 7.95. The largest absolute Gasteiger partial charge is 0.467 e. The zero-order chi connectivity index (χ0) is 19.1. The Morgan fingerprint density at radius 1 is 1.08 bits per heavy atom. The zero-order valence-corrected chi connectivity index (χ0v) is 16.5. The summed E-state index contributed by atoms with van der Waals surface area (Å²) in [5.74, 6) is -0.0174. The fourth-order valence-electron chi connectivity index (χ4n) is 2.54. The first kappa shape index (κ1) is 20.2. The molecule has 6 nitrogen and oxygen atoms in total. The highest BCUT2D eigenvalue weighted by Gasteiger charge is 2.26. The fraction of sp³-hybridized carbons (Fsp3) is 0.316. The minimum Gasteiger partial charge on any atom is -0.467 e. The van der Waals surface area contributed by atoms with E-state index in [-0.39, 0.29) is 13.6 Å². The molecule has 0 saturated heterocycles. The topological polar surface area (TPSA) is 80.0 Å². The van der Waals surface area contributed by atoms with Gasteiger partial charge < -0.3 is 24.7 Å². The Hall–Kier alpha value is -2.09. The number of carbonyl (C=O) groups is 1. The number of primary amides is 1. The summed E-state index contributed by atoms with van der Waals surface area (Å²) >= 11 is 3.56. The predicted molar refractivity (Wildman–Crippen MR) is 102 cm³/mol. The van der Waals surface area contributed by atoms with Crippen molar-refractivity contribution in [2.45, 2.75) is 12.8 Å². The van der Waals surface area contributed by atoms with Crippen molar-refractivity contribution in [2.24, 2.45) is 5.73 Å². The van der Waals surface area contributed by atoms with Gasteiger partial charge in [0.2, 0.25) is 5.91 Å². The van der Waals surface area contributed by atoms with E-state index in [0.717, 1.165) is 11.1 Å². The maximum atomic E-state index is 12.0. The van der Waals surface area contributed by atoms with Crippen LogP contribution < -0.4 is 15.2 Å². The van der Waals surface area contributed by atoms with Crippen LogP contribution in [0.15, 0.2) is 40.9 Å². The fourth-order valence-corrected chi connectivity index (χ4v) is 3.32. The summed E-state index contributed by atoms with van der Waals surface area (Å²) in [7, 11) is 3.07. The first-order chi connectivity index (χ1) is 12.5. The van der Waals surface area contributed by atoms with E-state index < -0.39 is 11.8 Å². The highest BCUT2D eigenvalue weighted by molar-refractivity contribution is 9.10. The number of halogens is 1. The summed E-state index contributed by atoms with van der Waals surface area (Å²) in [5, 5.41) is 0. The van der Waals surface area contributed by atoms with E-state index >= 15 is 0 Å². The summed E-state index contributed by atoms with van der Waals surface area (Å²) in [6, 6.07) is 11.4. The smallest absolute Gasteiger partial charge is 0.224 e. The van der Waals surface area contributed by atoms with Crippen LogP contribution in [0.3, 0.4) is 0 Å². The van der Waals surface area contributed by atoms with E-state index in [1.54, 1.807) is 13.0 Å². The van der Waals surface area contributed by atoms with Crippen LogP contribution in [0.25, 0.3) is 11.1 Å². The van der Waals surface area contributed by atoms with Crippen LogP contribution >= 0.6 is 15.9 Å². The van der Waals surface area contributed by atoms with Gasteiger partial charge in [-0.1, -0.05) is 30.3 Å². The third-order valence-electron chi connectivity index (χ3n) is 3.82. The Morgan fingerprint density at radius 2 is 1.65 bits per heavy atom. The molecule has 0 bridgehead atoms. The maximum absolute atomic E-state index is 12.0. The molecule has 2 N–H and O–H groups in total. The summed E-state index contributed by atoms with van der Waals surface area (Å²) in [6.07, 6.45) is 0. The molecular weight excluding hydrogens is 402 g/mol. The molecule has 0 aliphatic carbocycles. The van der Waals surface area contributed by atoms with Crippen LogP contribution in [0.4, 0.5) is 0 Å². The number of amides is 1. The molecule has 0 radical (unpaired) electrons. The summed E-state index contributed by atoms with van der Waals surface area (Å²) in [6.45, 7) is 1.85. The quantitative estimate of drug-likeness (QED) is 0.622. The minimum absolute atomic E-state index is 0.0512. The molecule has 26 heavy (non-hydrogen) atoms. The Bertz CT molecular complexity index is 751. The molecule has 0 aliphatic heterocycles. The number of ether oxygens (including phenoxy) is 4. The second kappa shape index (κ2) is 9.56. The Morgan fingerprint density at radius 3 is 2.19 bits per heavy atom. The van der Waals surface area contributed by atoms with Crippen molar-refractivity contribution in [3.8, 4) is 22.6 Å². The molecule has 2 aromatic carbocycles. The van der Waals surface area contributed by atoms with Crippen LogP contribution in [0.5, 0.6) is 11.5 Å². The van der Waals surface area contributed by atoms with Crippen LogP contribution in [0.2, 0.25) is 0 Å². The maximum Gasteiger partial charge on any atom is 0.224 e. The van der Waals surface area contributed by atoms with Gasteiger partial charge in [0.25, 0.3) is 0 Å². The van der Waals surface area contributed by atoms with Crippen LogP contribution in [0.1, 0.15) is 18.4 Å². The first-order valence-corrected chi connectivity index (χ1v) is 8.75. The van der Waals surface area contributed by atoms with E-state index in [0.29, 0.717) is 21.5 Å². The van der Waals surface area contributed by atoms with Crippen LogP contribution in [-0.4, -0.2) is 33.7 Å². The number of benzene rings is 2. The SMILES string of the molecule is COCOc1cc(OCOC)c(-c2ccccc2)c(C(C)C(N)=O)c1Br. The van der Waals surface area contributed by atoms with E-state index in [4.69, 9.17) is 24.7 Å². The van der Waals surface area contributed by atoms with Gasteiger partial charge in [-0.25, -0.2) is 0 Å². The summed E-state index contributed by atoms with van der Waals surface area (Å²) < 4.78 is 22.1. The molecule has 2 aromatic rings. The van der Waals surface area contributed by atoms with Gasteiger partial charge >= 0.3 is 0 Å². The molecule has 1 unspecified atom stereocenters. The molecule has 0 spiro atoms. The van der Waals surface area contributed by atoms with Crippen LogP contribution in [0, 0.1) is 0 Å². The lowest BCUT2D eigenvalue weighted by Crippen LogP contribution is -2.20. The van der Waals surface area contributed by atoms with Crippen molar-refractivity contribution in [2.75, 3.05) is 27.8 Å². The van der Waals surface area contributed by atoms with Gasteiger partial charge in [-0.3, -0.25) is 4.79 Å². The molecule has 2 rings (SSSR count). The monoisotopic (exact) mass is 423 g/mol. The Kier molecular flexibility index (Phi) is 7.44. The zero-order valence-electron chi connectivity index (χ0n) is 15.0. The van der Waals surface area contributed by atoms with Crippen molar-refractivity contribution >= 4 is 21.8 Å². The number of rotatable bonds is 9. The van der Waals surface area contributed by atoms with Gasteiger partial charge in [-0.15, -0.1) is 0 Å². The van der Waals surface area contributed by atoms with E-state index in [1.165, 1.54) is 14.2 Å². The van der Waals surface area contributed by atoms with E-state index in [1.807, 2.05) is 30.3 Å². The van der Waals surface area contributed by atoms with Gasteiger partial charge in [-0.05, 0) is 34.0 Å². The molecule has 1 amide bonds. The lowest BCUT2D eigenvalue weighted by molar-refractivity contribution is -0.119. The number of methoxy groups -OCH3 is 2. The lowest BCUT2D eigenvalue weighted by Gasteiger charge is -2.22. The molecule has 0 aromatic heterocycles. The Balaban J connectivity index is 2.74. The lowest BCUT2D eigenvalue weighted by atomic mass is 9.90. The van der Waals surface area contributed by atoms with Gasteiger partial charge in [0.05, 0.1) is 10.4 Å². The van der Waals surface area contributed by atoms with Crippen molar-refractivity contribution < 1.29 is 23.7 Å². The predicted octanol–water partition coefficient (Wildman–Crippen LogP) is 3.67. The second-order valence-corrected chi connectivity index (χ2v) is 6.36. The second-order valence-electron chi connectivity index (χ2n) is 5.57. The molecule has 0 saturated carbocycles. The highest BCUT2D eigenvalue weighted by atomic mass is 79.9. The van der Waals surface area contributed by atoms with Crippen molar-refractivity contribution in [3.63, 3.8) is 0 Å². The van der Waals surface area contributed by atoms with E-state index in [9.17, 15) is 4.79 Å². The molecule has 0 fully saturated rings. The normalized spacial score (nSPS) is 11.8. The molecule has 0 aliphatic rings. The third-order valence-corrected chi connectivity index (χ3v) is 4.64. The molecule has 0 heterocycles. The van der Waals surface area contributed by atoms with Crippen LogP contribution in [-0.2, 0) is 14.3 Å². The molecule has 1 atom stereocenters. The van der Waals surface area contributed by atoms with Crippen molar-refractivity contribution in [1.29, 1.82) is 0 Å². The molecule has 7 heteroatoms. The highest BCUT2D eigenvalue weighted by Crippen LogP contribution is 2.46. The molecular formula is C19H22BrNO5. The van der Waals surface area contributed by atoms with Gasteiger partial charge in [0.1, 0.15) is 11.5 Å². The number of hydrogen-bond acceptors (Lipinski definition) is 5. The van der Waals surface area contributed by atoms with Gasteiger partial charge in [-0.2, -0.15) is 0 Å². The summed E-state index contributed by atoms with van der Waals surface area (Å²) in [5.41, 5.74) is 7.92.